The number of aromatic nitrogens is 4. The Kier molecular flexibility index (Phi) is 2.92. The summed E-state index contributed by atoms with van der Waals surface area (Å²) in [4.78, 5) is 8.28. The van der Waals surface area contributed by atoms with Crippen molar-refractivity contribution < 1.29 is 4.74 Å². The summed E-state index contributed by atoms with van der Waals surface area (Å²) in [6.07, 6.45) is 3.12. The molecule has 0 bridgehead atoms. The Bertz CT molecular complexity index is 727. The minimum Gasteiger partial charge on any atom is -0.495 e. The molecule has 96 valence electrons. The van der Waals surface area contributed by atoms with Crippen LogP contribution in [0.5, 0.6) is 5.75 Å². The number of nitrogens with one attached hydrogen (secondary N) is 2. The number of rotatable bonds is 3. The lowest BCUT2D eigenvalue weighted by Crippen LogP contribution is -1.97. The highest BCUT2D eigenvalue weighted by atomic mass is 35.5. The second-order valence-electron chi connectivity index (χ2n) is 3.82. The molecule has 3 rings (SSSR count). The van der Waals surface area contributed by atoms with Crippen LogP contribution in [0.25, 0.3) is 11.0 Å². The topological polar surface area (TPSA) is 75.7 Å². The number of H-pyrrole nitrogens is 1. The monoisotopic (exact) mass is 275 g/mol. The maximum Gasteiger partial charge on any atom is 0.160 e. The molecule has 19 heavy (non-hydrogen) atoms. The standard InChI is InChI=1S/C12H10ClN5O/c1-19-10-3-2-7(13)4-9(10)17-11-8-5-16-18-12(8)15-6-14-11/h2-6H,1H3,(H2,14,15,16,17,18). The molecule has 7 heteroatoms. The van der Waals surface area contributed by atoms with E-state index in [1.165, 1.54) is 6.33 Å². The Hall–Kier alpha value is -2.34. The van der Waals surface area contributed by atoms with E-state index in [-0.39, 0.29) is 0 Å². The van der Waals surface area contributed by atoms with E-state index in [1.807, 2.05) is 0 Å². The van der Waals surface area contributed by atoms with Gasteiger partial charge in [0.1, 0.15) is 17.9 Å². The Morgan fingerprint density at radius 2 is 2.21 bits per heavy atom. The molecule has 0 radical (unpaired) electrons. The average molecular weight is 276 g/mol. The molecule has 0 spiro atoms. The third kappa shape index (κ3) is 2.17. The molecule has 0 atom stereocenters. The van der Waals surface area contributed by atoms with E-state index >= 15 is 0 Å². The Morgan fingerprint density at radius 1 is 1.32 bits per heavy atom. The molecule has 2 aromatic heterocycles. The number of ether oxygens (including phenoxy) is 1. The number of anilines is 2. The summed E-state index contributed by atoms with van der Waals surface area (Å²) in [6.45, 7) is 0. The van der Waals surface area contributed by atoms with Crippen molar-refractivity contribution in [3.63, 3.8) is 0 Å². The Balaban J connectivity index is 2.05. The quantitative estimate of drug-likeness (QED) is 0.769. The number of fused-ring (bicyclic) bond motifs is 1. The molecule has 0 saturated heterocycles. The van der Waals surface area contributed by atoms with Crippen LogP contribution in [0.1, 0.15) is 0 Å². The van der Waals surface area contributed by atoms with Gasteiger partial charge in [0.05, 0.1) is 24.4 Å². The van der Waals surface area contributed by atoms with Crippen LogP contribution in [-0.2, 0) is 0 Å². The lowest BCUT2D eigenvalue weighted by atomic mass is 10.3. The van der Waals surface area contributed by atoms with Gasteiger partial charge < -0.3 is 10.1 Å². The normalized spacial score (nSPS) is 10.6. The number of halogens is 1. The smallest absolute Gasteiger partial charge is 0.160 e. The van der Waals surface area contributed by atoms with Crippen molar-refractivity contribution in [3.05, 3.63) is 35.7 Å². The zero-order chi connectivity index (χ0) is 13.2. The van der Waals surface area contributed by atoms with Crippen LogP contribution in [0.15, 0.2) is 30.7 Å². The van der Waals surface area contributed by atoms with Crippen molar-refractivity contribution in [2.24, 2.45) is 0 Å². The molecule has 2 heterocycles. The third-order valence-electron chi connectivity index (χ3n) is 2.66. The van der Waals surface area contributed by atoms with Gasteiger partial charge in [-0.15, -0.1) is 0 Å². The van der Waals surface area contributed by atoms with E-state index < -0.39 is 0 Å². The van der Waals surface area contributed by atoms with Gasteiger partial charge >= 0.3 is 0 Å². The van der Waals surface area contributed by atoms with Gasteiger partial charge in [-0.1, -0.05) is 11.6 Å². The van der Waals surface area contributed by atoms with Crippen molar-refractivity contribution >= 4 is 34.1 Å². The number of hydrogen-bond acceptors (Lipinski definition) is 5. The number of benzene rings is 1. The molecule has 0 saturated carbocycles. The first-order valence-electron chi connectivity index (χ1n) is 5.52. The summed E-state index contributed by atoms with van der Waals surface area (Å²) in [5.41, 5.74) is 1.40. The molecule has 0 aliphatic heterocycles. The molecule has 6 nitrogen and oxygen atoms in total. The molecule has 1 aromatic carbocycles. The lowest BCUT2D eigenvalue weighted by molar-refractivity contribution is 0.417. The summed E-state index contributed by atoms with van der Waals surface area (Å²) in [5, 5.41) is 11.3. The second kappa shape index (κ2) is 4.74. The van der Waals surface area contributed by atoms with Crippen LogP contribution in [-0.4, -0.2) is 27.3 Å². The molecule has 0 aliphatic rings. The fourth-order valence-electron chi connectivity index (χ4n) is 1.77. The van der Waals surface area contributed by atoms with Crippen LogP contribution in [0, 0.1) is 0 Å². The van der Waals surface area contributed by atoms with Crippen LogP contribution < -0.4 is 10.1 Å². The fourth-order valence-corrected chi connectivity index (χ4v) is 1.94. The van der Waals surface area contributed by atoms with Crippen LogP contribution in [0.4, 0.5) is 11.5 Å². The predicted molar refractivity (Wildman–Crippen MR) is 73.0 cm³/mol. The highest BCUT2D eigenvalue weighted by molar-refractivity contribution is 6.31. The Labute approximate surface area is 113 Å². The highest BCUT2D eigenvalue weighted by Crippen LogP contribution is 2.31. The summed E-state index contributed by atoms with van der Waals surface area (Å²) < 4.78 is 5.28. The molecule has 2 N–H and O–H groups in total. The molecule has 0 aliphatic carbocycles. The number of nitrogens with zero attached hydrogens (tertiary/aromatic N) is 3. The summed E-state index contributed by atoms with van der Waals surface area (Å²) >= 11 is 5.99. The van der Waals surface area contributed by atoms with Gasteiger partial charge in [0.2, 0.25) is 0 Å². The lowest BCUT2D eigenvalue weighted by Gasteiger charge is -2.11. The van der Waals surface area contributed by atoms with E-state index in [1.54, 1.807) is 31.5 Å². The van der Waals surface area contributed by atoms with Gasteiger partial charge in [0.25, 0.3) is 0 Å². The highest BCUT2D eigenvalue weighted by Gasteiger charge is 2.09. The van der Waals surface area contributed by atoms with Crippen molar-refractivity contribution in [3.8, 4) is 5.75 Å². The van der Waals surface area contributed by atoms with Crippen molar-refractivity contribution in [2.75, 3.05) is 12.4 Å². The van der Waals surface area contributed by atoms with E-state index in [4.69, 9.17) is 16.3 Å². The first kappa shape index (κ1) is 11.7. The molecular weight excluding hydrogens is 266 g/mol. The summed E-state index contributed by atoms with van der Waals surface area (Å²) in [6, 6.07) is 5.33. The average Bonchev–Trinajstić information content (AvgIpc) is 2.88. The largest absolute Gasteiger partial charge is 0.495 e. The Morgan fingerprint density at radius 3 is 3.05 bits per heavy atom. The number of hydrogen-bond donors (Lipinski definition) is 2. The molecular formula is C12H10ClN5O. The van der Waals surface area contributed by atoms with E-state index in [0.29, 0.717) is 22.2 Å². The van der Waals surface area contributed by atoms with E-state index in [2.05, 4.69) is 25.5 Å². The van der Waals surface area contributed by atoms with Gasteiger partial charge in [-0.3, -0.25) is 5.10 Å². The molecule has 0 amide bonds. The molecule has 0 fully saturated rings. The summed E-state index contributed by atoms with van der Waals surface area (Å²) in [7, 11) is 1.60. The maximum absolute atomic E-state index is 5.99. The number of aromatic amines is 1. The van der Waals surface area contributed by atoms with Crippen molar-refractivity contribution in [1.82, 2.24) is 20.2 Å². The van der Waals surface area contributed by atoms with Crippen molar-refractivity contribution in [2.45, 2.75) is 0 Å². The van der Waals surface area contributed by atoms with Gasteiger partial charge in [0, 0.05) is 5.02 Å². The minimum atomic E-state index is 0.612. The van der Waals surface area contributed by atoms with Gasteiger partial charge in [-0.25, -0.2) is 9.97 Å². The van der Waals surface area contributed by atoms with E-state index in [0.717, 1.165) is 11.1 Å². The van der Waals surface area contributed by atoms with E-state index in [9.17, 15) is 0 Å². The van der Waals surface area contributed by atoms with Gasteiger partial charge in [0.15, 0.2) is 5.65 Å². The zero-order valence-electron chi connectivity index (χ0n) is 10.0. The molecule has 0 unspecified atom stereocenters. The zero-order valence-corrected chi connectivity index (χ0v) is 10.8. The van der Waals surface area contributed by atoms with Crippen LogP contribution in [0.3, 0.4) is 0 Å². The van der Waals surface area contributed by atoms with Gasteiger partial charge in [-0.05, 0) is 18.2 Å². The van der Waals surface area contributed by atoms with Crippen LogP contribution >= 0.6 is 11.6 Å². The maximum atomic E-state index is 5.99. The second-order valence-corrected chi connectivity index (χ2v) is 4.26. The number of methoxy groups -OCH3 is 1. The predicted octanol–water partition coefficient (Wildman–Crippen LogP) is 2.76. The first-order chi connectivity index (χ1) is 9.28. The summed E-state index contributed by atoms with van der Waals surface area (Å²) in [5.74, 6) is 1.32. The van der Waals surface area contributed by atoms with Crippen LogP contribution in [0.2, 0.25) is 5.02 Å². The van der Waals surface area contributed by atoms with Crippen molar-refractivity contribution in [1.29, 1.82) is 0 Å². The fraction of sp³-hybridized carbons (Fsp3) is 0.0833. The minimum absolute atomic E-state index is 0.612. The third-order valence-corrected chi connectivity index (χ3v) is 2.90. The SMILES string of the molecule is COc1ccc(Cl)cc1Nc1ncnc2[nH]ncc12. The first-order valence-corrected chi connectivity index (χ1v) is 5.90. The van der Waals surface area contributed by atoms with Gasteiger partial charge in [-0.2, -0.15) is 5.10 Å². The molecule has 3 aromatic rings.